The highest BCUT2D eigenvalue weighted by Crippen LogP contribution is 2.28. The average Bonchev–Trinajstić information content (AvgIpc) is 2.47. The van der Waals surface area contributed by atoms with Crippen LogP contribution < -0.4 is 9.46 Å². The molecule has 0 radical (unpaired) electrons. The largest absolute Gasteiger partial charge is 0.497 e. The van der Waals surface area contributed by atoms with Crippen LogP contribution in [0, 0.1) is 6.92 Å². The predicted octanol–water partition coefficient (Wildman–Crippen LogP) is 2.97. The number of ether oxygens (including phenoxy) is 1. The van der Waals surface area contributed by atoms with Crippen LogP contribution in [0.3, 0.4) is 0 Å². The van der Waals surface area contributed by atoms with Gasteiger partial charge in [-0.25, -0.2) is 13.1 Å². The van der Waals surface area contributed by atoms with E-state index in [1.165, 1.54) is 0 Å². The molecular weight excluding hydrogens is 286 g/mol. The van der Waals surface area contributed by atoms with E-state index >= 15 is 0 Å². The highest BCUT2D eigenvalue weighted by atomic mass is 32.2. The Morgan fingerprint density at radius 3 is 2.52 bits per heavy atom. The van der Waals surface area contributed by atoms with Gasteiger partial charge < -0.3 is 4.74 Å². The Morgan fingerprint density at radius 2 is 1.90 bits per heavy atom. The number of nitrogens with one attached hydrogen (secondary N) is 1. The summed E-state index contributed by atoms with van der Waals surface area (Å²) in [5, 5.41) is 0. The van der Waals surface area contributed by atoms with E-state index in [9.17, 15) is 8.42 Å². The van der Waals surface area contributed by atoms with Gasteiger partial charge in [0.05, 0.1) is 12.0 Å². The van der Waals surface area contributed by atoms with Gasteiger partial charge in [-0.3, -0.25) is 0 Å². The maximum absolute atomic E-state index is 12.0. The lowest BCUT2D eigenvalue weighted by Crippen LogP contribution is -2.23. The van der Waals surface area contributed by atoms with Crippen molar-refractivity contribution in [3.8, 4) is 16.9 Å². The molecule has 2 rings (SSSR count). The molecule has 0 heterocycles. The number of aryl methyl sites for hydroxylation is 1. The second kappa shape index (κ2) is 6.28. The van der Waals surface area contributed by atoms with Crippen LogP contribution >= 0.6 is 0 Å². The Kier molecular flexibility index (Phi) is 4.65. The fourth-order valence-electron chi connectivity index (χ4n) is 2.19. The van der Waals surface area contributed by atoms with E-state index in [-0.39, 0.29) is 4.90 Å². The summed E-state index contributed by atoms with van der Waals surface area (Å²) in [5.41, 5.74) is 2.89. The molecule has 0 aliphatic carbocycles. The van der Waals surface area contributed by atoms with Crippen molar-refractivity contribution in [2.45, 2.75) is 18.7 Å². The van der Waals surface area contributed by atoms with Gasteiger partial charge in [0.1, 0.15) is 5.75 Å². The molecule has 0 atom stereocenters. The summed E-state index contributed by atoms with van der Waals surface area (Å²) in [4.78, 5) is 0.286. The van der Waals surface area contributed by atoms with E-state index in [0.717, 1.165) is 22.4 Å². The SMILES string of the molecule is CCNS(=O)(=O)c1ccc(-c2cccc(OC)c2)c(C)c1. The van der Waals surface area contributed by atoms with Crippen LogP contribution in [-0.2, 0) is 10.0 Å². The molecule has 0 spiro atoms. The van der Waals surface area contributed by atoms with Crippen LogP contribution in [0.2, 0.25) is 0 Å². The highest BCUT2D eigenvalue weighted by molar-refractivity contribution is 7.89. The molecule has 0 aromatic heterocycles. The molecule has 0 aliphatic heterocycles. The lowest BCUT2D eigenvalue weighted by atomic mass is 10.0. The smallest absolute Gasteiger partial charge is 0.240 e. The maximum atomic E-state index is 12.0. The summed E-state index contributed by atoms with van der Waals surface area (Å²) in [6, 6.07) is 12.8. The summed E-state index contributed by atoms with van der Waals surface area (Å²) >= 11 is 0. The molecule has 0 unspecified atom stereocenters. The van der Waals surface area contributed by atoms with Crippen molar-refractivity contribution in [1.29, 1.82) is 0 Å². The molecule has 4 nitrogen and oxygen atoms in total. The van der Waals surface area contributed by atoms with Crippen LogP contribution in [0.4, 0.5) is 0 Å². The van der Waals surface area contributed by atoms with Crippen molar-refractivity contribution >= 4 is 10.0 Å². The van der Waals surface area contributed by atoms with E-state index in [4.69, 9.17) is 4.74 Å². The molecule has 0 bridgehead atoms. The van der Waals surface area contributed by atoms with Crippen LogP contribution in [0.5, 0.6) is 5.75 Å². The van der Waals surface area contributed by atoms with Crippen LogP contribution in [0.15, 0.2) is 47.4 Å². The summed E-state index contributed by atoms with van der Waals surface area (Å²) in [5.74, 6) is 0.774. The molecular formula is C16H19NO3S. The van der Waals surface area contributed by atoms with Gasteiger partial charge in [0.25, 0.3) is 0 Å². The molecule has 0 aliphatic rings. The van der Waals surface area contributed by atoms with Crippen LogP contribution in [-0.4, -0.2) is 22.1 Å². The molecule has 0 saturated carbocycles. The van der Waals surface area contributed by atoms with Crippen molar-refractivity contribution < 1.29 is 13.2 Å². The minimum absolute atomic E-state index is 0.286. The topological polar surface area (TPSA) is 55.4 Å². The van der Waals surface area contributed by atoms with Crippen molar-refractivity contribution in [2.24, 2.45) is 0 Å². The Hall–Kier alpha value is -1.85. The number of rotatable bonds is 5. The highest BCUT2D eigenvalue weighted by Gasteiger charge is 2.14. The van der Waals surface area contributed by atoms with Gasteiger partial charge in [-0.05, 0) is 47.9 Å². The Morgan fingerprint density at radius 1 is 1.14 bits per heavy atom. The summed E-state index contributed by atoms with van der Waals surface area (Å²) in [6.07, 6.45) is 0. The molecule has 2 aromatic rings. The van der Waals surface area contributed by atoms with Gasteiger partial charge in [-0.1, -0.05) is 25.1 Å². The molecule has 112 valence electrons. The zero-order valence-corrected chi connectivity index (χ0v) is 13.2. The van der Waals surface area contributed by atoms with Gasteiger partial charge >= 0.3 is 0 Å². The van der Waals surface area contributed by atoms with E-state index < -0.39 is 10.0 Å². The molecule has 0 fully saturated rings. The number of hydrogen-bond acceptors (Lipinski definition) is 3. The number of sulfonamides is 1. The van der Waals surface area contributed by atoms with Crippen molar-refractivity contribution in [3.63, 3.8) is 0 Å². The third kappa shape index (κ3) is 3.43. The monoisotopic (exact) mass is 305 g/mol. The molecule has 0 saturated heterocycles. The van der Waals surface area contributed by atoms with Crippen molar-refractivity contribution in [2.75, 3.05) is 13.7 Å². The van der Waals surface area contributed by atoms with Crippen molar-refractivity contribution in [3.05, 3.63) is 48.0 Å². The zero-order valence-electron chi connectivity index (χ0n) is 12.4. The minimum Gasteiger partial charge on any atom is -0.497 e. The first-order chi connectivity index (χ1) is 9.97. The first-order valence-electron chi connectivity index (χ1n) is 6.72. The Balaban J connectivity index is 2.44. The number of hydrogen-bond donors (Lipinski definition) is 1. The molecule has 1 N–H and O–H groups in total. The fraction of sp³-hybridized carbons (Fsp3) is 0.250. The summed E-state index contributed by atoms with van der Waals surface area (Å²) in [7, 11) is -1.80. The van der Waals surface area contributed by atoms with Gasteiger partial charge in [0.2, 0.25) is 10.0 Å². The summed E-state index contributed by atoms with van der Waals surface area (Å²) < 4.78 is 31.7. The van der Waals surface area contributed by atoms with Crippen LogP contribution in [0.1, 0.15) is 12.5 Å². The fourth-order valence-corrected chi connectivity index (χ4v) is 3.32. The summed E-state index contributed by atoms with van der Waals surface area (Å²) in [6.45, 7) is 4.04. The maximum Gasteiger partial charge on any atom is 0.240 e. The third-order valence-electron chi connectivity index (χ3n) is 3.22. The molecule has 0 amide bonds. The van der Waals surface area contributed by atoms with Gasteiger partial charge in [-0.2, -0.15) is 0 Å². The average molecular weight is 305 g/mol. The third-order valence-corrected chi connectivity index (χ3v) is 4.77. The van der Waals surface area contributed by atoms with E-state index in [1.807, 2.05) is 37.3 Å². The predicted molar refractivity (Wildman–Crippen MR) is 84.0 cm³/mol. The van der Waals surface area contributed by atoms with Gasteiger partial charge in [0.15, 0.2) is 0 Å². The van der Waals surface area contributed by atoms with Gasteiger partial charge in [0, 0.05) is 6.54 Å². The van der Waals surface area contributed by atoms with E-state index in [2.05, 4.69) is 4.72 Å². The zero-order chi connectivity index (χ0) is 15.5. The second-order valence-corrected chi connectivity index (χ2v) is 6.48. The van der Waals surface area contributed by atoms with Gasteiger partial charge in [-0.15, -0.1) is 0 Å². The van der Waals surface area contributed by atoms with E-state index in [1.54, 1.807) is 26.2 Å². The quantitative estimate of drug-likeness (QED) is 0.924. The lowest BCUT2D eigenvalue weighted by Gasteiger charge is -2.11. The van der Waals surface area contributed by atoms with Crippen molar-refractivity contribution in [1.82, 2.24) is 4.72 Å². The molecule has 21 heavy (non-hydrogen) atoms. The molecule has 5 heteroatoms. The molecule has 2 aromatic carbocycles. The lowest BCUT2D eigenvalue weighted by molar-refractivity contribution is 0.415. The van der Waals surface area contributed by atoms with E-state index in [0.29, 0.717) is 6.54 Å². The van der Waals surface area contributed by atoms with Crippen LogP contribution in [0.25, 0.3) is 11.1 Å². The number of benzene rings is 2. The standard InChI is InChI=1S/C16H19NO3S/c1-4-17-21(18,19)15-8-9-16(12(2)10-15)13-6-5-7-14(11-13)20-3/h5-11,17H,4H2,1-3H3. The normalized spacial score (nSPS) is 11.4. The minimum atomic E-state index is -3.42. The first-order valence-corrected chi connectivity index (χ1v) is 8.21. The number of methoxy groups -OCH3 is 1. The second-order valence-electron chi connectivity index (χ2n) is 4.71. The first kappa shape index (κ1) is 15.5. The Labute approximate surface area is 125 Å². The Bertz CT molecular complexity index is 739.